The van der Waals surface area contributed by atoms with Gasteiger partial charge in [-0.1, -0.05) is 43.2 Å². The highest BCUT2D eigenvalue weighted by molar-refractivity contribution is 7.22. The van der Waals surface area contributed by atoms with Crippen LogP contribution in [0.3, 0.4) is 0 Å². The molecule has 2 aromatic carbocycles. The maximum atomic E-state index is 13.6. The quantitative estimate of drug-likeness (QED) is 0.295. The SMILES string of the molecule is CCCCCOc1cccc(C(=O)N(CCN(C)C)c2nc3c(OCC)cccc3s2)c1.Cl. The highest BCUT2D eigenvalue weighted by atomic mass is 35.5. The molecule has 33 heavy (non-hydrogen) atoms. The van der Waals surface area contributed by atoms with Crippen LogP contribution in [0.2, 0.25) is 0 Å². The number of thiazole rings is 1. The van der Waals surface area contributed by atoms with Gasteiger partial charge in [0, 0.05) is 18.7 Å². The lowest BCUT2D eigenvalue weighted by atomic mass is 10.2. The Bertz CT molecular complexity index is 1030. The van der Waals surface area contributed by atoms with Crippen molar-refractivity contribution in [3.8, 4) is 11.5 Å². The van der Waals surface area contributed by atoms with Gasteiger partial charge in [0.2, 0.25) is 0 Å². The average Bonchev–Trinajstić information content (AvgIpc) is 3.22. The first-order chi connectivity index (χ1) is 15.5. The van der Waals surface area contributed by atoms with Gasteiger partial charge in [-0.3, -0.25) is 9.69 Å². The van der Waals surface area contributed by atoms with Gasteiger partial charge in [-0.05, 0) is 57.8 Å². The van der Waals surface area contributed by atoms with Crippen molar-refractivity contribution < 1.29 is 14.3 Å². The topological polar surface area (TPSA) is 54.9 Å². The Morgan fingerprint density at radius 2 is 1.82 bits per heavy atom. The van der Waals surface area contributed by atoms with E-state index in [1.165, 1.54) is 11.3 Å². The molecule has 0 saturated carbocycles. The lowest BCUT2D eigenvalue weighted by Gasteiger charge is -2.22. The molecule has 8 heteroatoms. The number of carbonyl (C=O) groups excluding carboxylic acids is 1. The van der Waals surface area contributed by atoms with Crippen LogP contribution in [0.15, 0.2) is 42.5 Å². The van der Waals surface area contributed by atoms with Crippen molar-refractivity contribution in [1.82, 2.24) is 9.88 Å². The average molecular weight is 492 g/mol. The van der Waals surface area contributed by atoms with Gasteiger partial charge in [-0.15, -0.1) is 12.4 Å². The molecule has 0 aliphatic heterocycles. The molecule has 1 aromatic heterocycles. The molecular formula is C25H34ClN3O3S. The summed E-state index contributed by atoms with van der Waals surface area (Å²) >= 11 is 1.51. The van der Waals surface area contributed by atoms with Gasteiger partial charge in [0.25, 0.3) is 5.91 Å². The van der Waals surface area contributed by atoms with Crippen LogP contribution in [0.25, 0.3) is 10.2 Å². The number of benzene rings is 2. The van der Waals surface area contributed by atoms with E-state index >= 15 is 0 Å². The first kappa shape index (κ1) is 26.9. The van der Waals surface area contributed by atoms with Crippen LogP contribution < -0.4 is 14.4 Å². The summed E-state index contributed by atoms with van der Waals surface area (Å²) in [5, 5.41) is 0.674. The molecule has 0 fully saturated rings. The maximum absolute atomic E-state index is 13.6. The van der Waals surface area contributed by atoms with Crippen LogP contribution in [-0.4, -0.2) is 56.2 Å². The molecule has 6 nitrogen and oxygen atoms in total. The van der Waals surface area contributed by atoms with Gasteiger partial charge in [-0.25, -0.2) is 4.98 Å². The van der Waals surface area contributed by atoms with Crippen LogP contribution in [-0.2, 0) is 0 Å². The Labute approximate surface area is 206 Å². The molecular weight excluding hydrogens is 458 g/mol. The van der Waals surface area contributed by atoms with E-state index < -0.39 is 0 Å². The summed E-state index contributed by atoms with van der Waals surface area (Å²) in [6.45, 7) is 6.62. The van der Waals surface area contributed by atoms with Gasteiger partial charge in [-0.2, -0.15) is 0 Å². The zero-order valence-corrected chi connectivity index (χ0v) is 21.5. The second-order valence-corrected chi connectivity index (χ2v) is 8.88. The molecule has 0 N–H and O–H groups in total. The minimum atomic E-state index is -0.0807. The van der Waals surface area contributed by atoms with Crippen molar-refractivity contribution in [2.75, 3.05) is 45.3 Å². The van der Waals surface area contributed by atoms with E-state index in [9.17, 15) is 4.79 Å². The lowest BCUT2D eigenvalue weighted by Crippen LogP contribution is -2.36. The van der Waals surface area contributed by atoms with Gasteiger partial charge >= 0.3 is 0 Å². The molecule has 3 rings (SSSR count). The van der Waals surface area contributed by atoms with E-state index in [2.05, 4.69) is 11.8 Å². The molecule has 0 atom stereocenters. The number of unbranched alkanes of at least 4 members (excludes halogenated alkanes) is 2. The highest BCUT2D eigenvalue weighted by Gasteiger charge is 2.23. The molecule has 0 radical (unpaired) electrons. The first-order valence-electron chi connectivity index (χ1n) is 11.2. The Morgan fingerprint density at radius 1 is 1.03 bits per heavy atom. The second-order valence-electron chi connectivity index (χ2n) is 7.88. The molecule has 180 valence electrons. The summed E-state index contributed by atoms with van der Waals surface area (Å²) in [6.07, 6.45) is 3.30. The predicted octanol–water partition coefficient (Wildman–Crippen LogP) is 5.89. The predicted molar refractivity (Wildman–Crippen MR) is 140 cm³/mol. The van der Waals surface area contributed by atoms with Crippen LogP contribution in [0, 0.1) is 0 Å². The smallest absolute Gasteiger partial charge is 0.260 e. The molecule has 0 unspecified atom stereocenters. The summed E-state index contributed by atoms with van der Waals surface area (Å²) in [4.78, 5) is 22.2. The number of carbonyl (C=O) groups is 1. The number of hydrogen-bond donors (Lipinski definition) is 0. The number of fused-ring (bicyclic) bond motifs is 1. The zero-order valence-electron chi connectivity index (χ0n) is 19.9. The van der Waals surface area contributed by atoms with E-state index in [1.54, 1.807) is 4.90 Å². The van der Waals surface area contributed by atoms with E-state index in [1.807, 2.05) is 63.5 Å². The van der Waals surface area contributed by atoms with Crippen molar-refractivity contribution in [2.24, 2.45) is 0 Å². The van der Waals surface area contributed by atoms with E-state index in [4.69, 9.17) is 14.5 Å². The van der Waals surface area contributed by atoms with E-state index in [0.29, 0.717) is 30.5 Å². The van der Waals surface area contributed by atoms with Crippen LogP contribution in [0.5, 0.6) is 11.5 Å². The number of para-hydroxylation sites is 1. The number of aromatic nitrogens is 1. The molecule has 0 spiro atoms. The number of likely N-dealkylation sites (N-methyl/N-ethyl adjacent to an activating group) is 1. The fraction of sp³-hybridized carbons (Fsp3) is 0.440. The third-order valence-electron chi connectivity index (χ3n) is 5.01. The highest BCUT2D eigenvalue weighted by Crippen LogP contribution is 2.35. The summed E-state index contributed by atoms with van der Waals surface area (Å²) < 4.78 is 12.6. The van der Waals surface area contributed by atoms with Crippen LogP contribution in [0.4, 0.5) is 5.13 Å². The van der Waals surface area contributed by atoms with Crippen LogP contribution in [0.1, 0.15) is 43.5 Å². The Balaban J connectivity index is 0.00000385. The number of ether oxygens (including phenoxy) is 2. The fourth-order valence-corrected chi connectivity index (χ4v) is 4.31. The van der Waals surface area contributed by atoms with Gasteiger partial charge in [0.05, 0.1) is 17.9 Å². The Kier molecular flexibility index (Phi) is 10.9. The molecule has 1 amide bonds. The van der Waals surface area contributed by atoms with Gasteiger partial charge in [0.15, 0.2) is 5.13 Å². The summed E-state index contributed by atoms with van der Waals surface area (Å²) in [5.41, 5.74) is 1.39. The second kappa shape index (κ2) is 13.4. The number of rotatable bonds is 12. The van der Waals surface area contributed by atoms with Gasteiger partial charge < -0.3 is 14.4 Å². The fourth-order valence-electron chi connectivity index (χ4n) is 3.30. The lowest BCUT2D eigenvalue weighted by molar-refractivity contribution is 0.0984. The first-order valence-corrected chi connectivity index (χ1v) is 12.1. The van der Waals surface area contributed by atoms with E-state index in [0.717, 1.165) is 47.5 Å². The van der Waals surface area contributed by atoms with Crippen molar-refractivity contribution in [3.05, 3.63) is 48.0 Å². The van der Waals surface area contributed by atoms with Gasteiger partial charge in [0.1, 0.15) is 17.0 Å². The monoisotopic (exact) mass is 491 g/mol. The van der Waals surface area contributed by atoms with E-state index in [-0.39, 0.29) is 18.3 Å². The number of anilines is 1. The number of hydrogen-bond acceptors (Lipinski definition) is 6. The standard InChI is InChI=1S/C25H33N3O3S.ClH/c1-5-7-8-17-31-20-12-9-11-19(18-20)24(29)28(16-15-27(3)4)25-26-23-21(30-6-2)13-10-14-22(23)32-25;/h9-14,18H,5-8,15-17H2,1-4H3;1H. The third kappa shape index (κ3) is 7.32. The molecule has 0 aliphatic rings. The van der Waals surface area contributed by atoms with Crippen molar-refractivity contribution >= 4 is 45.0 Å². The normalized spacial score (nSPS) is 10.8. The summed E-state index contributed by atoms with van der Waals surface area (Å²) in [5.74, 6) is 1.39. The molecule has 3 aromatic rings. The Hall–Kier alpha value is -2.35. The minimum absolute atomic E-state index is 0. The zero-order chi connectivity index (χ0) is 22.9. The minimum Gasteiger partial charge on any atom is -0.494 e. The summed E-state index contributed by atoms with van der Waals surface area (Å²) in [6, 6.07) is 13.3. The number of halogens is 1. The number of nitrogens with zero attached hydrogens (tertiary/aromatic N) is 3. The Morgan fingerprint density at radius 3 is 2.55 bits per heavy atom. The maximum Gasteiger partial charge on any atom is 0.260 e. The molecule has 0 aliphatic carbocycles. The molecule has 0 bridgehead atoms. The molecule has 1 heterocycles. The largest absolute Gasteiger partial charge is 0.494 e. The van der Waals surface area contributed by atoms with Crippen molar-refractivity contribution in [3.63, 3.8) is 0 Å². The van der Waals surface area contributed by atoms with Crippen molar-refractivity contribution in [1.29, 1.82) is 0 Å². The van der Waals surface area contributed by atoms with Crippen molar-refractivity contribution in [2.45, 2.75) is 33.1 Å². The van der Waals surface area contributed by atoms with Crippen LogP contribution >= 0.6 is 23.7 Å². The summed E-state index contributed by atoms with van der Waals surface area (Å²) in [7, 11) is 4.00. The number of amides is 1. The third-order valence-corrected chi connectivity index (χ3v) is 6.06. The molecule has 0 saturated heterocycles.